The minimum absolute atomic E-state index is 0.878. The van der Waals surface area contributed by atoms with Gasteiger partial charge in [0.1, 0.15) is 0 Å². The van der Waals surface area contributed by atoms with Gasteiger partial charge >= 0.3 is 0 Å². The van der Waals surface area contributed by atoms with Crippen LogP contribution in [-0.4, -0.2) is 11.5 Å². The summed E-state index contributed by atoms with van der Waals surface area (Å²) in [5.41, 5.74) is 2.91. The minimum atomic E-state index is 0.878. The van der Waals surface area contributed by atoms with Crippen LogP contribution in [0.3, 0.4) is 0 Å². The van der Waals surface area contributed by atoms with E-state index >= 15 is 0 Å². The van der Waals surface area contributed by atoms with Crippen molar-refractivity contribution in [1.82, 2.24) is 0 Å². The Morgan fingerprint density at radius 1 is 0.714 bits per heavy atom. The summed E-state index contributed by atoms with van der Waals surface area (Å²) in [6, 6.07) is 0. The lowest BCUT2D eigenvalue weighted by atomic mass is 10.0. The van der Waals surface area contributed by atoms with Gasteiger partial charge in [-0.25, -0.2) is 0 Å². The Morgan fingerprint density at radius 3 is 1.43 bits per heavy atom. The van der Waals surface area contributed by atoms with Gasteiger partial charge in [0.15, 0.2) is 0 Å². The molecule has 0 rings (SSSR count). The largest absolute Gasteiger partial charge is 0.162 e. The van der Waals surface area contributed by atoms with Crippen molar-refractivity contribution in [1.29, 1.82) is 0 Å². The molecule has 0 aromatic carbocycles. The monoisotopic (exact) mass is 310 g/mol. The fourth-order valence-electron chi connectivity index (χ4n) is 2.27. The topological polar surface area (TPSA) is 0 Å². The van der Waals surface area contributed by atoms with Crippen LogP contribution in [0.5, 0.6) is 0 Å². The van der Waals surface area contributed by atoms with E-state index in [2.05, 4.69) is 65.5 Å². The van der Waals surface area contributed by atoms with E-state index in [1.54, 1.807) is 0 Å². The highest BCUT2D eigenvalue weighted by Crippen LogP contribution is 2.19. The first-order valence-corrected chi connectivity index (χ1v) is 9.91. The summed E-state index contributed by atoms with van der Waals surface area (Å²) in [5.74, 6) is 4.44. The summed E-state index contributed by atoms with van der Waals surface area (Å²) in [4.78, 5) is 0. The molecular weight excluding hydrogens is 272 g/mol. The van der Waals surface area contributed by atoms with Crippen LogP contribution in [-0.2, 0) is 0 Å². The molecule has 0 aromatic heterocycles. The van der Waals surface area contributed by atoms with Crippen LogP contribution in [0.4, 0.5) is 0 Å². The number of rotatable bonds is 12. The maximum Gasteiger partial charge on any atom is -0.00650 e. The lowest BCUT2D eigenvalue weighted by Crippen LogP contribution is -1.99. The summed E-state index contributed by atoms with van der Waals surface area (Å²) >= 11 is 2.16. The second kappa shape index (κ2) is 13.5. The zero-order chi connectivity index (χ0) is 16.1. The lowest BCUT2D eigenvalue weighted by molar-refractivity contribution is 0.520. The Bertz CT molecular complexity index is 263. The first-order chi connectivity index (χ1) is 9.91. The zero-order valence-corrected chi connectivity index (χ0v) is 16.2. The molecule has 2 unspecified atom stereocenters. The molecule has 0 saturated heterocycles. The van der Waals surface area contributed by atoms with E-state index in [1.807, 2.05) is 0 Å². The van der Waals surface area contributed by atoms with Crippen LogP contribution in [0.15, 0.2) is 23.3 Å². The number of hydrogen-bond acceptors (Lipinski definition) is 1. The van der Waals surface area contributed by atoms with Crippen molar-refractivity contribution in [3.8, 4) is 0 Å². The summed E-state index contributed by atoms with van der Waals surface area (Å²) in [6.07, 6.45) is 12.7. The number of allylic oxidation sites excluding steroid dienone is 4. The summed E-state index contributed by atoms with van der Waals surface area (Å²) < 4.78 is 0. The Kier molecular flexibility index (Phi) is 13.4. The van der Waals surface area contributed by atoms with Crippen LogP contribution >= 0.6 is 11.8 Å². The van der Waals surface area contributed by atoms with Crippen molar-refractivity contribution in [2.45, 2.75) is 80.1 Å². The molecule has 0 radical (unpaired) electrons. The SMILES string of the molecule is CC(C)=CCCC(C)CCSCCC(C)CCC=C(C)C. The molecule has 0 nitrogen and oxygen atoms in total. The quantitative estimate of drug-likeness (QED) is 0.270. The minimum Gasteiger partial charge on any atom is -0.162 e. The maximum absolute atomic E-state index is 2.40. The average Bonchev–Trinajstić information content (AvgIpc) is 2.37. The van der Waals surface area contributed by atoms with E-state index in [4.69, 9.17) is 0 Å². The van der Waals surface area contributed by atoms with Crippen LogP contribution in [0.2, 0.25) is 0 Å². The van der Waals surface area contributed by atoms with Gasteiger partial charge in [-0.2, -0.15) is 11.8 Å². The number of thioether (sulfide) groups is 1. The van der Waals surface area contributed by atoms with Gasteiger partial charge in [-0.1, -0.05) is 37.1 Å². The second-order valence-electron chi connectivity index (χ2n) is 7.12. The molecule has 0 heterocycles. The van der Waals surface area contributed by atoms with E-state index in [0.717, 1.165) is 11.8 Å². The Morgan fingerprint density at radius 2 is 1.10 bits per heavy atom. The predicted molar refractivity (Wildman–Crippen MR) is 102 cm³/mol. The highest BCUT2D eigenvalue weighted by Gasteiger charge is 2.03. The molecule has 0 aromatic rings. The van der Waals surface area contributed by atoms with Crippen molar-refractivity contribution >= 4 is 11.8 Å². The molecule has 2 atom stereocenters. The Labute approximate surface area is 138 Å². The molecule has 1 heteroatoms. The fourth-order valence-corrected chi connectivity index (χ4v) is 3.62. The molecule has 0 saturated carbocycles. The number of hydrogen-bond donors (Lipinski definition) is 0. The maximum atomic E-state index is 2.40. The molecule has 21 heavy (non-hydrogen) atoms. The molecule has 0 amide bonds. The molecule has 0 aliphatic heterocycles. The standard InChI is InChI=1S/C20H38S/c1-17(2)9-7-11-19(5)13-15-21-16-14-20(6)12-8-10-18(3)4/h9-10,19-20H,7-8,11-16H2,1-6H3. The zero-order valence-electron chi connectivity index (χ0n) is 15.4. The van der Waals surface area contributed by atoms with Crippen molar-refractivity contribution in [3.63, 3.8) is 0 Å². The van der Waals surface area contributed by atoms with Gasteiger partial charge in [0.2, 0.25) is 0 Å². The van der Waals surface area contributed by atoms with Crippen LogP contribution < -0.4 is 0 Å². The van der Waals surface area contributed by atoms with Gasteiger partial charge in [0.05, 0.1) is 0 Å². The van der Waals surface area contributed by atoms with Gasteiger partial charge in [-0.15, -0.1) is 0 Å². The van der Waals surface area contributed by atoms with Crippen LogP contribution in [0.1, 0.15) is 80.1 Å². The molecule has 0 spiro atoms. The molecule has 0 fully saturated rings. The molecular formula is C20H38S. The van der Waals surface area contributed by atoms with E-state index < -0.39 is 0 Å². The molecule has 0 bridgehead atoms. The third-order valence-corrected chi connectivity index (χ3v) is 4.98. The van der Waals surface area contributed by atoms with Gasteiger partial charge < -0.3 is 0 Å². The van der Waals surface area contributed by atoms with Crippen LogP contribution in [0.25, 0.3) is 0 Å². The van der Waals surface area contributed by atoms with Gasteiger partial charge in [0, 0.05) is 0 Å². The molecule has 0 N–H and O–H groups in total. The van der Waals surface area contributed by atoms with E-state index in [0.29, 0.717) is 0 Å². The lowest BCUT2D eigenvalue weighted by Gasteiger charge is -2.12. The fraction of sp³-hybridized carbons (Fsp3) is 0.800. The van der Waals surface area contributed by atoms with Gasteiger partial charge in [-0.05, 0) is 89.6 Å². The van der Waals surface area contributed by atoms with Crippen molar-refractivity contribution in [3.05, 3.63) is 23.3 Å². The third kappa shape index (κ3) is 16.0. The third-order valence-electron chi connectivity index (χ3n) is 3.93. The highest BCUT2D eigenvalue weighted by molar-refractivity contribution is 7.99. The molecule has 0 aliphatic rings. The van der Waals surface area contributed by atoms with Crippen molar-refractivity contribution < 1.29 is 0 Å². The summed E-state index contributed by atoms with van der Waals surface area (Å²) in [7, 11) is 0. The van der Waals surface area contributed by atoms with Crippen molar-refractivity contribution in [2.24, 2.45) is 11.8 Å². The Hall–Kier alpha value is -0.170. The van der Waals surface area contributed by atoms with E-state index in [9.17, 15) is 0 Å². The average molecular weight is 311 g/mol. The highest BCUT2D eigenvalue weighted by atomic mass is 32.2. The summed E-state index contributed by atoms with van der Waals surface area (Å²) in [5, 5.41) is 0. The van der Waals surface area contributed by atoms with Gasteiger partial charge in [0.25, 0.3) is 0 Å². The molecule has 124 valence electrons. The predicted octanol–water partition coefficient (Wildman–Crippen LogP) is 7.26. The van der Waals surface area contributed by atoms with E-state index in [-0.39, 0.29) is 0 Å². The van der Waals surface area contributed by atoms with Crippen molar-refractivity contribution in [2.75, 3.05) is 11.5 Å². The first kappa shape index (κ1) is 20.8. The molecule has 0 aliphatic carbocycles. The smallest absolute Gasteiger partial charge is 0.00650 e. The first-order valence-electron chi connectivity index (χ1n) is 8.76. The van der Waals surface area contributed by atoms with Gasteiger partial charge in [-0.3, -0.25) is 0 Å². The summed E-state index contributed by atoms with van der Waals surface area (Å²) in [6.45, 7) is 13.6. The second-order valence-corrected chi connectivity index (χ2v) is 8.34. The van der Waals surface area contributed by atoms with E-state index in [1.165, 1.54) is 61.2 Å². The Balaban J connectivity index is 3.46. The van der Waals surface area contributed by atoms with Crippen LogP contribution in [0, 0.1) is 11.8 Å². The normalized spacial score (nSPS) is 13.6.